The van der Waals surface area contributed by atoms with E-state index in [1.54, 1.807) is 6.20 Å². The normalized spacial score (nSPS) is 20.4. The second kappa shape index (κ2) is 9.41. The summed E-state index contributed by atoms with van der Waals surface area (Å²) < 4.78 is 0. The van der Waals surface area contributed by atoms with Crippen LogP contribution in [0.25, 0.3) is 11.4 Å². The van der Waals surface area contributed by atoms with Crippen molar-refractivity contribution in [2.75, 3.05) is 33.2 Å². The van der Waals surface area contributed by atoms with Crippen LogP contribution in [0.4, 0.5) is 0 Å². The molecule has 0 bridgehead atoms. The minimum atomic E-state index is -1.18. The van der Waals surface area contributed by atoms with E-state index >= 15 is 0 Å². The smallest absolute Gasteiger partial charge is 0.160 e. The lowest BCUT2D eigenvalue weighted by Crippen LogP contribution is -2.63. The molecule has 6 heteroatoms. The van der Waals surface area contributed by atoms with E-state index in [0.29, 0.717) is 17.7 Å². The lowest BCUT2D eigenvalue weighted by Gasteiger charge is -2.55. The highest BCUT2D eigenvalue weighted by molar-refractivity contribution is 5.56. The summed E-state index contributed by atoms with van der Waals surface area (Å²) in [6.45, 7) is 10.2. The molecule has 2 aromatic heterocycles. The second-order valence-electron chi connectivity index (χ2n) is 11.0. The van der Waals surface area contributed by atoms with E-state index < -0.39 is 5.60 Å². The first-order chi connectivity index (χ1) is 16.8. The van der Waals surface area contributed by atoms with Gasteiger partial charge in [0.05, 0.1) is 0 Å². The monoisotopic (exact) mass is 471 g/mol. The molecule has 6 nitrogen and oxygen atoms in total. The van der Waals surface area contributed by atoms with E-state index in [4.69, 9.17) is 4.98 Å². The Morgan fingerprint density at radius 3 is 2.43 bits per heavy atom. The van der Waals surface area contributed by atoms with Crippen LogP contribution in [-0.4, -0.2) is 58.2 Å². The van der Waals surface area contributed by atoms with Crippen LogP contribution in [0, 0.1) is 5.41 Å². The highest BCUT2D eigenvalue weighted by atomic mass is 16.3. The van der Waals surface area contributed by atoms with Crippen LogP contribution in [0.3, 0.4) is 0 Å². The fourth-order valence-corrected chi connectivity index (χ4v) is 5.96. The molecule has 0 amide bonds. The van der Waals surface area contributed by atoms with E-state index in [0.717, 1.165) is 61.4 Å². The molecule has 2 aliphatic heterocycles. The molecule has 0 saturated carbocycles. The average molecular weight is 472 g/mol. The van der Waals surface area contributed by atoms with Crippen molar-refractivity contribution in [1.29, 1.82) is 0 Å². The fourth-order valence-electron chi connectivity index (χ4n) is 5.96. The lowest BCUT2D eigenvalue weighted by molar-refractivity contribution is -0.127. The summed E-state index contributed by atoms with van der Waals surface area (Å²) in [5, 5.41) is 15.9. The zero-order valence-corrected chi connectivity index (χ0v) is 21.3. The standard InChI is InChI=1S/C29H37N5O/c1-20(2)21-5-7-24(8-6-21)29(35,28(3)18-34(4)19-28)25-15-23(16-31-17-25)27-32-14-11-26(33-27)22-9-12-30-13-10-22/h5-8,11,14-17,20,22,30,35H,9-10,12-13,18-19H2,1-4H3/t29-/m0/s1. The Hall–Kier alpha value is -2.67. The number of hydrogen-bond acceptors (Lipinski definition) is 6. The summed E-state index contributed by atoms with van der Waals surface area (Å²) in [5.41, 5.74) is 3.38. The summed E-state index contributed by atoms with van der Waals surface area (Å²) in [5.74, 6) is 1.57. The molecule has 5 rings (SSSR count). The number of likely N-dealkylation sites (tertiary alicyclic amines) is 1. The van der Waals surface area contributed by atoms with Gasteiger partial charge in [-0.3, -0.25) is 4.98 Å². The van der Waals surface area contributed by atoms with Crippen molar-refractivity contribution < 1.29 is 5.11 Å². The first-order valence-corrected chi connectivity index (χ1v) is 12.8. The molecule has 4 heterocycles. The fraction of sp³-hybridized carbons (Fsp3) is 0.483. The van der Waals surface area contributed by atoms with Crippen LogP contribution >= 0.6 is 0 Å². The Morgan fingerprint density at radius 2 is 1.77 bits per heavy atom. The van der Waals surface area contributed by atoms with Crippen molar-refractivity contribution in [1.82, 2.24) is 25.2 Å². The molecule has 2 fully saturated rings. The molecule has 0 aliphatic carbocycles. The number of rotatable bonds is 6. The maximum Gasteiger partial charge on any atom is 0.160 e. The summed E-state index contributed by atoms with van der Waals surface area (Å²) in [6.07, 6.45) is 7.65. The summed E-state index contributed by atoms with van der Waals surface area (Å²) in [6, 6.07) is 12.5. The third kappa shape index (κ3) is 4.39. The minimum Gasteiger partial charge on any atom is -0.380 e. The van der Waals surface area contributed by atoms with Gasteiger partial charge in [0, 0.05) is 59.8 Å². The van der Waals surface area contributed by atoms with E-state index in [9.17, 15) is 5.11 Å². The van der Waals surface area contributed by atoms with Gasteiger partial charge in [-0.1, -0.05) is 45.0 Å². The van der Waals surface area contributed by atoms with Gasteiger partial charge in [-0.05, 0) is 62.2 Å². The molecule has 1 aromatic carbocycles. The minimum absolute atomic E-state index is 0.334. The third-order valence-electron chi connectivity index (χ3n) is 7.96. The SMILES string of the molecule is CC(C)c1ccc([C@](O)(c2cncc(-c3nccc(C4CCNCC4)n3)c2)C2(C)CN(C)C2)cc1. The number of aromatic nitrogens is 3. The zero-order chi connectivity index (χ0) is 24.6. The van der Waals surface area contributed by atoms with E-state index in [-0.39, 0.29) is 5.41 Å². The number of pyridine rings is 1. The van der Waals surface area contributed by atoms with Gasteiger partial charge in [0.1, 0.15) is 5.60 Å². The first-order valence-electron chi connectivity index (χ1n) is 12.8. The van der Waals surface area contributed by atoms with Gasteiger partial charge >= 0.3 is 0 Å². The predicted octanol–water partition coefficient (Wildman–Crippen LogP) is 4.32. The Labute approximate surface area is 208 Å². The molecular formula is C29H37N5O. The van der Waals surface area contributed by atoms with Crippen LogP contribution in [0.1, 0.15) is 67.8 Å². The van der Waals surface area contributed by atoms with Crippen LogP contribution in [-0.2, 0) is 5.60 Å². The maximum atomic E-state index is 12.5. The molecule has 184 valence electrons. The van der Waals surface area contributed by atoms with Crippen LogP contribution in [0.5, 0.6) is 0 Å². The predicted molar refractivity (Wildman–Crippen MR) is 139 cm³/mol. The van der Waals surface area contributed by atoms with Crippen molar-refractivity contribution in [3.05, 3.63) is 77.4 Å². The first kappa shape index (κ1) is 24.0. The maximum absolute atomic E-state index is 12.5. The van der Waals surface area contributed by atoms with E-state index in [1.165, 1.54) is 5.56 Å². The third-order valence-corrected chi connectivity index (χ3v) is 7.96. The average Bonchev–Trinajstić information content (AvgIpc) is 2.88. The molecule has 2 saturated heterocycles. The van der Waals surface area contributed by atoms with Gasteiger partial charge in [-0.2, -0.15) is 0 Å². The summed E-state index contributed by atoms with van der Waals surface area (Å²) in [4.78, 5) is 16.3. The second-order valence-corrected chi connectivity index (χ2v) is 11.0. The van der Waals surface area contributed by atoms with Crippen LogP contribution in [0.15, 0.2) is 55.0 Å². The van der Waals surface area contributed by atoms with Crippen molar-refractivity contribution in [2.24, 2.45) is 5.41 Å². The number of hydrogen-bond donors (Lipinski definition) is 2. The highest BCUT2D eigenvalue weighted by Gasteiger charge is 2.55. The molecular weight excluding hydrogens is 434 g/mol. The van der Waals surface area contributed by atoms with Crippen molar-refractivity contribution in [3.8, 4) is 11.4 Å². The van der Waals surface area contributed by atoms with Crippen molar-refractivity contribution in [2.45, 2.75) is 51.0 Å². The number of piperidine rings is 1. The van der Waals surface area contributed by atoms with Crippen LogP contribution in [0.2, 0.25) is 0 Å². The Balaban J connectivity index is 1.55. The van der Waals surface area contributed by atoms with Gasteiger partial charge in [0.15, 0.2) is 5.82 Å². The number of benzene rings is 1. The van der Waals surface area contributed by atoms with Crippen molar-refractivity contribution in [3.63, 3.8) is 0 Å². The van der Waals surface area contributed by atoms with Crippen LogP contribution < -0.4 is 5.32 Å². The largest absolute Gasteiger partial charge is 0.380 e. The molecule has 1 atom stereocenters. The molecule has 35 heavy (non-hydrogen) atoms. The molecule has 0 spiro atoms. The highest BCUT2D eigenvalue weighted by Crippen LogP contribution is 2.50. The Bertz CT molecular complexity index is 1170. The Morgan fingerprint density at radius 1 is 1.06 bits per heavy atom. The van der Waals surface area contributed by atoms with Crippen molar-refractivity contribution >= 4 is 0 Å². The molecule has 0 unspecified atom stereocenters. The Kier molecular flexibility index (Phi) is 6.47. The van der Waals surface area contributed by atoms with E-state index in [2.05, 4.69) is 72.3 Å². The van der Waals surface area contributed by atoms with Gasteiger partial charge < -0.3 is 15.3 Å². The zero-order valence-electron chi connectivity index (χ0n) is 21.3. The van der Waals surface area contributed by atoms with Gasteiger partial charge in [-0.15, -0.1) is 0 Å². The quantitative estimate of drug-likeness (QED) is 0.558. The molecule has 2 aliphatic rings. The number of nitrogens with one attached hydrogen (secondary N) is 1. The van der Waals surface area contributed by atoms with Gasteiger partial charge in [-0.25, -0.2) is 9.97 Å². The molecule has 3 aromatic rings. The van der Waals surface area contributed by atoms with Gasteiger partial charge in [0.25, 0.3) is 0 Å². The van der Waals surface area contributed by atoms with Gasteiger partial charge in [0.2, 0.25) is 0 Å². The summed E-state index contributed by atoms with van der Waals surface area (Å²) >= 11 is 0. The van der Waals surface area contributed by atoms with E-state index in [1.807, 2.05) is 24.5 Å². The summed E-state index contributed by atoms with van der Waals surface area (Å²) in [7, 11) is 2.10. The molecule has 2 N–H and O–H groups in total. The number of aliphatic hydroxyl groups is 1. The molecule has 0 radical (unpaired) electrons. The lowest BCUT2D eigenvalue weighted by atomic mass is 9.62. The topological polar surface area (TPSA) is 74.2 Å². The number of nitrogens with zero attached hydrogens (tertiary/aromatic N) is 4.